The fourth-order valence-electron chi connectivity index (χ4n) is 1.89. The zero-order valence-electron chi connectivity index (χ0n) is 12.2. The monoisotopic (exact) mass is 293 g/mol. The van der Waals surface area contributed by atoms with Gasteiger partial charge in [0.05, 0.1) is 0 Å². The number of pyridine rings is 1. The smallest absolute Gasteiger partial charge is 0.314 e. The van der Waals surface area contributed by atoms with Crippen molar-refractivity contribution in [1.82, 2.24) is 15.6 Å². The van der Waals surface area contributed by atoms with E-state index in [-0.39, 0.29) is 12.5 Å². The molecule has 6 nitrogen and oxygen atoms in total. The molecule has 0 unspecified atom stereocenters. The molecule has 1 aromatic heterocycles. The highest BCUT2D eigenvalue weighted by Gasteiger charge is 2.00. The maximum absolute atomic E-state index is 11.5. The van der Waals surface area contributed by atoms with E-state index < -0.39 is 5.97 Å². The summed E-state index contributed by atoms with van der Waals surface area (Å²) < 4.78 is 0. The van der Waals surface area contributed by atoms with Crippen LogP contribution in [0.2, 0.25) is 0 Å². The minimum absolute atomic E-state index is 0.158. The van der Waals surface area contributed by atoms with Gasteiger partial charge in [-0.1, -0.05) is 12.8 Å². The maximum Gasteiger partial charge on any atom is 0.314 e. The summed E-state index contributed by atoms with van der Waals surface area (Å²) in [6.07, 6.45) is 7.88. The van der Waals surface area contributed by atoms with Crippen LogP contribution in [0.4, 0.5) is 4.79 Å². The zero-order chi connectivity index (χ0) is 15.3. The Kier molecular flexibility index (Phi) is 8.59. The standard InChI is InChI=1S/C15H23N3O3/c19-14(20)5-3-1-2-4-9-17-15(21)18-12-8-13-6-10-16-11-7-13/h6-7,10-11H,1-5,8-9,12H2,(H,19,20)(H2,17,18,21). The number of rotatable bonds is 10. The Morgan fingerprint density at radius 3 is 2.38 bits per heavy atom. The fraction of sp³-hybridized carbons (Fsp3) is 0.533. The van der Waals surface area contributed by atoms with Gasteiger partial charge in [0.15, 0.2) is 0 Å². The second-order valence-electron chi connectivity index (χ2n) is 4.85. The molecule has 2 amide bonds. The molecule has 0 spiro atoms. The van der Waals surface area contributed by atoms with E-state index in [4.69, 9.17) is 5.11 Å². The molecule has 1 heterocycles. The number of carboxylic acid groups (broad SMARTS) is 1. The van der Waals surface area contributed by atoms with Crippen LogP contribution in [0.15, 0.2) is 24.5 Å². The highest BCUT2D eigenvalue weighted by atomic mass is 16.4. The molecule has 0 aromatic carbocycles. The molecule has 0 saturated carbocycles. The van der Waals surface area contributed by atoms with Crippen molar-refractivity contribution in [3.63, 3.8) is 0 Å². The van der Waals surface area contributed by atoms with E-state index in [2.05, 4.69) is 15.6 Å². The Labute approximate surface area is 125 Å². The van der Waals surface area contributed by atoms with E-state index in [0.29, 0.717) is 19.5 Å². The summed E-state index contributed by atoms with van der Waals surface area (Å²) in [7, 11) is 0. The quantitative estimate of drug-likeness (QED) is 0.575. The van der Waals surface area contributed by atoms with E-state index in [1.165, 1.54) is 0 Å². The lowest BCUT2D eigenvalue weighted by Gasteiger charge is -2.07. The van der Waals surface area contributed by atoms with Gasteiger partial charge in [0, 0.05) is 31.9 Å². The number of aromatic nitrogens is 1. The van der Waals surface area contributed by atoms with Crippen molar-refractivity contribution in [2.45, 2.75) is 38.5 Å². The van der Waals surface area contributed by atoms with Gasteiger partial charge in [0.25, 0.3) is 0 Å². The third-order valence-electron chi connectivity index (χ3n) is 3.05. The Morgan fingerprint density at radius 1 is 1.00 bits per heavy atom. The van der Waals surface area contributed by atoms with Gasteiger partial charge in [-0.15, -0.1) is 0 Å². The summed E-state index contributed by atoms with van der Waals surface area (Å²) in [6, 6.07) is 3.70. The second kappa shape index (κ2) is 10.7. The second-order valence-corrected chi connectivity index (χ2v) is 4.85. The molecule has 0 atom stereocenters. The first-order valence-corrected chi connectivity index (χ1v) is 7.31. The summed E-state index contributed by atoms with van der Waals surface area (Å²) in [5, 5.41) is 14.1. The van der Waals surface area contributed by atoms with Gasteiger partial charge < -0.3 is 15.7 Å². The van der Waals surface area contributed by atoms with Gasteiger partial charge >= 0.3 is 12.0 Å². The number of carboxylic acids is 1. The SMILES string of the molecule is O=C(O)CCCCCCNC(=O)NCCc1ccncc1. The highest BCUT2D eigenvalue weighted by molar-refractivity contribution is 5.73. The first-order chi connectivity index (χ1) is 10.2. The molecule has 0 aliphatic rings. The van der Waals surface area contributed by atoms with Crippen LogP contribution in [0.1, 0.15) is 37.7 Å². The van der Waals surface area contributed by atoms with Crippen LogP contribution >= 0.6 is 0 Å². The number of carbonyl (C=O) groups excluding carboxylic acids is 1. The molecule has 116 valence electrons. The molecular formula is C15H23N3O3. The highest BCUT2D eigenvalue weighted by Crippen LogP contribution is 2.02. The summed E-state index contributed by atoms with van der Waals surface area (Å²) in [6.45, 7) is 1.21. The summed E-state index contributed by atoms with van der Waals surface area (Å²) in [5.41, 5.74) is 1.14. The van der Waals surface area contributed by atoms with E-state index in [0.717, 1.165) is 31.2 Å². The molecule has 0 saturated heterocycles. The Balaban J connectivity index is 1.93. The van der Waals surface area contributed by atoms with Crippen LogP contribution in [0.3, 0.4) is 0 Å². The van der Waals surface area contributed by atoms with Gasteiger partial charge in [-0.2, -0.15) is 0 Å². The van der Waals surface area contributed by atoms with Gasteiger partial charge in [-0.25, -0.2) is 4.79 Å². The van der Waals surface area contributed by atoms with Crippen molar-refractivity contribution in [2.75, 3.05) is 13.1 Å². The number of nitrogens with zero attached hydrogens (tertiary/aromatic N) is 1. The molecule has 0 aliphatic carbocycles. The third-order valence-corrected chi connectivity index (χ3v) is 3.05. The van der Waals surface area contributed by atoms with Crippen LogP contribution < -0.4 is 10.6 Å². The predicted octanol–water partition coefficient (Wildman–Crippen LogP) is 1.96. The van der Waals surface area contributed by atoms with Crippen molar-refractivity contribution >= 4 is 12.0 Å². The van der Waals surface area contributed by atoms with Gasteiger partial charge in [-0.05, 0) is 37.0 Å². The number of carbonyl (C=O) groups is 2. The lowest BCUT2D eigenvalue weighted by atomic mass is 10.1. The number of nitrogens with one attached hydrogen (secondary N) is 2. The predicted molar refractivity (Wildman–Crippen MR) is 80.1 cm³/mol. The summed E-state index contributed by atoms with van der Waals surface area (Å²) in [4.78, 5) is 25.7. The number of hydrogen-bond acceptors (Lipinski definition) is 3. The lowest BCUT2D eigenvalue weighted by molar-refractivity contribution is -0.137. The average Bonchev–Trinajstić information content (AvgIpc) is 2.47. The molecule has 1 rings (SSSR count). The van der Waals surface area contributed by atoms with E-state index in [1.54, 1.807) is 12.4 Å². The maximum atomic E-state index is 11.5. The number of hydrogen-bond donors (Lipinski definition) is 3. The van der Waals surface area contributed by atoms with Crippen LogP contribution in [0.5, 0.6) is 0 Å². The van der Waals surface area contributed by atoms with Gasteiger partial charge in [0.2, 0.25) is 0 Å². The normalized spacial score (nSPS) is 10.1. The molecular weight excluding hydrogens is 270 g/mol. The molecule has 1 aromatic rings. The van der Waals surface area contributed by atoms with Crippen LogP contribution in [0.25, 0.3) is 0 Å². The van der Waals surface area contributed by atoms with Crippen molar-refractivity contribution in [3.8, 4) is 0 Å². The molecule has 21 heavy (non-hydrogen) atoms. The summed E-state index contributed by atoms with van der Waals surface area (Å²) in [5.74, 6) is -0.748. The largest absolute Gasteiger partial charge is 0.481 e. The Morgan fingerprint density at radius 2 is 1.67 bits per heavy atom. The number of amides is 2. The fourth-order valence-corrected chi connectivity index (χ4v) is 1.89. The van der Waals surface area contributed by atoms with Crippen LogP contribution in [-0.4, -0.2) is 35.2 Å². The first kappa shape index (κ1) is 16.9. The van der Waals surface area contributed by atoms with Crippen LogP contribution in [-0.2, 0) is 11.2 Å². The Hall–Kier alpha value is -2.11. The molecule has 0 fully saturated rings. The zero-order valence-corrected chi connectivity index (χ0v) is 12.2. The minimum atomic E-state index is -0.748. The van der Waals surface area contributed by atoms with E-state index in [9.17, 15) is 9.59 Å². The van der Waals surface area contributed by atoms with Gasteiger partial charge in [-0.3, -0.25) is 9.78 Å². The van der Waals surface area contributed by atoms with Crippen LogP contribution in [0, 0.1) is 0 Å². The van der Waals surface area contributed by atoms with Crippen molar-refractivity contribution in [3.05, 3.63) is 30.1 Å². The number of unbranched alkanes of at least 4 members (excludes halogenated alkanes) is 3. The molecule has 6 heteroatoms. The first-order valence-electron chi connectivity index (χ1n) is 7.31. The average molecular weight is 293 g/mol. The van der Waals surface area contributed by atoms with Gasteiger partial charge in [0.1, 0.15) is 0 Å². The lowest BCUT2D eigenvalue weighted by Crippen LogP contribution is -2.37. The minimum Gasteiger partial charge on any atom is -0.481 e. The topological polar surface area (TPSA) is 91.3 Å². The number of urea groups is 1. The molecule has 0 bridgehead atoms. The van der Waals surface area contributed by atoms with E-state index >= 15 is 0 Å². The van der Waals surface area contributed by atoms with Crippen molar-refractivity contribution < 1.29 is 14.7 Å². The van der Waals surface area contributed by atoms with Crippen molar-refractivity contribution in [1.29, 1.82) is 0 Å². The molecule has 0 radical (unpaired) electrons. The molecule has 3 N–H and O–H groups in total. The van der Waals surface area contributed by atoms with Crippen molar-refractivity contribution in [2.24, 2.45) is 0 Å². The van der Waals surface area contributed by atoms with E-state index in [1.807, 2.05) is 12.1 Å². The third kappa shape index (κ3) is 9.43. The Bertz CT molecular complexity index is 423. The number of aliphatic carboxylic acids is 1. The summed E-state index contributed by atoms with van der Waals surface area (Å²) >= 11 is 0. The molecule has 0 aliphatic heterocycles.